The Hall–Kier alpha value is -1.42. The van der Waals surface area contributed by atoms with Crippen LogP contribution in [0.15, 0.2) is 34.3 Å². The van der Waals surface area contributed by atoms with Gasteiger partial charge in [-0.3, -0.25) is 14.9 Å². The molecule has 0 saturated carbocycles. The molecule has 1 N–H and O–H groups in total. The number of imide groups is 1. The van der Waals surface area contributed by atoms with Gasteiger partial charge < -0.3 is 0 Å². The summed E-state index contributed by atoms with van der Waals surface area (Å²) in [4.78, 5) is 22.8. The Kier molecular flexibility index (Phi) is 3.43. The fourth-order valence-corrected chi connectivity index (χ4v) is 2.24. The van der Waals surface area contributed by atoms with Crippen molar-refractivity contribution < 1.29 is 9.59 Å². The molecular weight excluding hydrogens is 282 g/mol. The minimum atomic E-state index is -0.255. The molecule has 0 spiro atoms. The van der Waals surface area contributed by atoms with Gasteiger partial charge in [0, 0.05) is 10.0 Å². The Morgan fingerprint density at radius 3 is 2.41 bits per heavy atom. The van der Waals surface area contributed by atoms with Crippen LogP contribution in [-0.4, -0.2) is 11.8 Å². The highest BCUT2D eigenvalue weighted by Gasteiger charge is 2.26. The minimum Gasteiger partial charge on any atom is -0.292 e. The number of halogens is 1. The first-order valence-corrected chi connectivity index (χ1v) is 6.23. The molecule has 88 valence electrons. The first-order chi connectivity index (χ1) is 8.11. The van der Waals surface area contributed by atoms with Crippen LogP contribution < -0.4 is 5.32 Å². The monoisotopic (exact) mass is 293 g/mol. The van der Waals surface area contributed by atoms with Gasteiger partial charge in [-0.1, -0.05) is 35.0 Å². The fraction of sp³-hybridized carbons (Fsp3) is 0.231. The molecule has 1 heterocycles. The molecule has 0 atom stereocenters. The van der Waals surface area contributed by atoms with Gasteiger partial charge in [0.25, 0.3) is 5.91 Å². The molecule has 1 aromatic rings. The Bertz CT molecular complexity index is 503. The topological polar surface area (TPSA) is 46.2 Å². The van der Waals surface area contributed by atoms with Crippen LogP contribution in [0.4, 0.5) is 0 Å². The Morgan fingerprint density at radius 1 is 1.29 bits per heavy atom. The molecule has 1 saturated heterocycles. The van der Waals surface area contributed by atoms with Crippen molar-refractivity contribution in [2.75, 3.05) is 0 Å². The molecule has 1 fully saturated rings. The standard InChI is InChI=1S/C13H12BrNO2/c1-2-10(8-3-5-9(14)6-4-8)11-7-12(16)15-13(11)17/h3-6H,2,7H2,1H3,(H,15,16,17). The molecular formula is C13H12BrNO2. The van der Waals surface area contributed by atoms with Gasteiger partial charge >= 0.3 is 0 Å². The molecule has 17 heavy (non-hydrogen) atoms. The van der Waals surface area contributed by atoms with Crippen LogP contribution in [0.5, 0.6) is 0 Å². The summed E-state index contributed by atoms with van der Waals surface area (Å²) in [7, 11) is 0. The van der Waals surface area contributed by atoms with Crippen molar-refractivity contribution in [2.24, 2.45) is 0 Å². The lowest BCUT2D eigenvalue weighted by Gasteiger charge is -2.07. The third-order valence-electron chi connectivity index (χ3n) is 2.77. The highest BCUT2D eigenvalue weighted by atomic mass is 79.9. The zero-order chi connectivity index (χ0) is 12.4. The maximum absolute atomic E-state index is 11.6. The number of hydrogen-bond acceptors (Lipinski definition) is 2. The van der Waals surface area contributed by atoms with E-state index >= 15 is 0 Å². The largest absolute Gasteiger partial charge is 0.292 e. The van der Waals surface area contributed by atoms with E-state index in [9.17, 15) is 9.59 Å². The van der Waals surface area contributed by atoms with Crippen LogP contribution in [0.1, 0.15) is 25.3 Å². The third kappa shape index (κ3) is 2.47. The molecule has 1 aliphatic rings. The van der Waals surface area contributed by atoms with Crippen molar-refractivity contribution in [3.8, 4) is 0 Å². The molecule has 4 heteroatoms. The SMILES string of the molecule is CCC(=C1CC(=O)NC1=O)c1ccc(Br)cc1. The van der Waals surface area contributed by atoms with E-state index in [1.807, 2.05) is 31.2 Å². The lowest BCUT2D eigenvalue weighted by Crippen LogP contribution is -2.19. The average Bonchev–Trinajstić information content (AvgIpc) is 2.62. The molecule has 0 unspecified atom stereocenters. The number of allylic oxidation sites excluding steroid dienone is 1. The smallest absolute Gasteiger partial charge is 0.254 e. The van der Waals surface area contributed by atoms with E-state index in [4.69, 9.17) is 0 Å². The van der Waals surface area contributed by atoms with Gasteiger partial charge in [0.2, 0.25) is 5.91 Å². The summed E-state index contributed by atoms with van der Waals surface area (Å²) < 4.78 is 0.994. The molecule has 1 aromatic carbocycles. The summed E-state index contributed by atoms with van der Waals surface area (Å²) in [5, 5.41) is 2.32. The molecule has 0 aliphatic carbocycles. The van der Waals surface area contributed by atoms with E-state index in [1.54, 1.807) is 0 Å². The number of nitrogens with one attached hydrogen (secondary N) is 1. The molecule has 0 radical (unpaired) electrons. The number of carbonyl (C=O) groups is 2. The highest BCUT2D eigenvalue weighted by Crippen LogP contribution is 2.27. The minimum absolute atomic E-state index is 0.193. The highest BCUT2D eigenvalue weighted by molar-refractivity contribution is 9.10. The van der Waals surface area contributed by atoms with E-state index in [2.05, 4.69) is 21.2 Å². The summed E-state index contributed by atoms with van der Waals surface area (Å²) in [6, 6.07) is 7.76. The van der Waals surface area contributed by atoms with E-state index in [0.717, 1.165) is 22.0 Å². The van der Waals surface area contributed by atoms with Crippen molar-refractivity contribution in [1.82, 2.24) is 5.32 Å². The zero-order valence-corrected chi connectivity index (χ0v) is 11.0. The van der Waals surface area contributed by atoms with Crippen LogP contribution >= 0.6 is 15.9 Å². The van der Waals surface area contributed by atoms with E-state index in [0.29, 0.717) is 5.57 Å². The Morgan fingerprint density at radius 2 is 1.94 bits per heavy atom. The predicted molar refractivity (Wildman–Crippen MR) is 69.1 cm³/mol. The second-order valence-electron chi connectivity index (χ2n) is 3.87. The van der Waals surface area contributed by atoms with Crippen LogP contribution in [0.25, 0.3) is 5.57 Å². The van der Waals surface area contributed by atoms with Crippen molar-refractivity contribution in [3.63, 3.8) is 0 Å². The number of hydrogen-bond donors (Lipinski definition) is 1. The van der Waals surface area contributed by atoms with Crippen LogP contribution in [0.2, 0.25) is 0 Å². The molecule has 3 nitrogen and oxygen atoms in total. The fourth-order valence-electron chi connectivity index (χ4n) is 1.97. The molecule has 1 aliphatic heterocycles. The van der Waals surface area contributed by atoms with Gasteiger partial charge in [-0.25, -0.2) is 0 Å². The van der Waals surface area contributed by atoms with Crippen molar-refractivity contribution >= 4 is 33.3 Å². The number of rotatable bonds is 2. The maximum atomic E-state index is 11.6. The molecule has 0 bridgehead atoms. The normalized spacial score (nSPS) is 18.2. The van der Waals surface area contributed by atoms with Crippen LogP contribution in [0, 0.1) is 0 Å². The predicted octanol–water partition coefficient (Wildman–Crippen LogP) is 2.66. The van der Waals surface area contributed by atoms with Gasteiger partial charge in [0.05, 0.1) is 6.42 Å². The molecule has 2 rings (SSSR count). The van der Waals surface area contributed by atoms with Gasteiger partial charge in [0.15, 0.2) is 0 Å². The number of amides is 2. The van der Waals surface area contributed by atoms with E-state index in [1.165, 1.54) is 0 Å². The zero-order valence-electron chi connectivity index (χ0n) is 9.42. The maximum Gasteiger partial charge on any atom is 0.254 e. The summed E-state index contributed by atoms with van der Waals surface area (Å²) >= 11 is 3.37. The molecule has 2 amide bonds. The number of benzene rings is 1. The second kappa shape index (κ2) is 4.84. The van der Waals surface area contributed by atoms with Gasteiger partial charge in [-0.15, -0.1) is 0 Å². The first kappa shape index (κ1) is 12.0. The van der Waals surface area contributed by atoms with Crippen molar-refractivity contribution in [3.05, 3.63) is 39.9 Å². The van der Waals surface area contributed by atoms with Gasteiger partial charge in [-0.05, 0) is 29.7 Å². The van der Waals surface area contributed by atoms with Gasteiger partial charge in [0.1, 0.15) is 0 Å². The van der Waals surface area contributed by atoms with E-state index < -0.39 is 0 Å². The van der Waals surface area contributed by atoms with E-state index in [-0.39, 0.29) is 18.2 Å². The summed E-state index contributed by atoms with van der Waals surface area (Å²) in [6.07, 6.45) is 0.926. The van der Waals surface area contributed by atoms with Gasteiger partial charge in [-0.2, -0.15) is 0 Å². The van der Waals surface area contributed by atoms with Crippen LogP contribution in [0.3, 0.4) is 0 Å². The quantitative estimate of drug-likeness (QED) is 0.673. The summed E-state index contributed by atoms with van der Waals surface area (Å²) in [5.41, 5.74) is 2.54. The van der Waals surface area contributed by atoms with Crippen molar-refractivity contribution in [1.29, 1.82) is 0 Å². The Labute approximate surface area is 108 Å². The lowest BCUT2D eigenvalue weighted by atomic mass is 9.97. The summed E-state index contributed by atoms with van der Waals surface area (Å²) in [5.74, 6) is -0.470. The second-order valence-corrected chi connectivity index (χ2v) is 4.79. The lowest BCUT2D eigenvalue weighted by molar-refractivity contribution is -0.124. The summed E-state index contributed by atoms with van der Waals surface area (Å²) in [6.45, 7) is 1.99. The Balaban J connectivity index is 2.46. The van der Waals surface area contributed by atoms with Crippen LogP contribution in [-0.2, 0) is 9.59 Å². The first-order valence-electron chi connectivity index (χ1n) is 5.44. The average molecular weight is 294 g/mol. The third-order valence-corrected chi connectivity index (χ3v) is 3.30. The number of carbonyl (C=O) groups excluding carboxylic acids is 2. The van der Waals surface area contributed by atoms with Crippen molar-refractivity contribution in [2.45, 2.75) is 19.8 Å². The molecule has 0 aromatic heterocycles.